The van der Waals surface area contributed by atoms with Crippen molar-refractivity contribution >= 4 is 23.0 Å². The average Bonchev–Trinajstić information content (AvgIpc) is 3.18. The van der Waals surface area contributed by atoms with E-state index in [1.165, 1.54) is 0 Å². The number of nitrogens with zero attached hydrogens (tertiary/aromatic N) is 1. The molecule has 0 aliphatic carbocycles. The van der Waals surface area contributed by atoms with Gasteiger partial charge in [0.1, 0.15) is 5.01 Å². The zero-order chi connectivity index (χ0) is 21.8. The number of thiazole rings is 1. The predicted molar refractivity (Wildman–Crippen MR) is 125 cm³/mol. The summed E-state index contributed by atoms with van der Waals surface area (Å²) in [6.45, 7) is 4.28. The molecule has 1 amide bonds. The van der Waals surface area contributed by atoms with Gasteiger partial charge in [-0.1, -0.05) is 78.4 Å². The molecule has 0 fully saturated rings. The summed E-state index contributed by atoms with van der Waals surface area (Å²) in [5.74, 6) is -0.434. The van der Waals surface area contributed by atoms with Crippen LogP contribution in [0.4, 0.5) is 0 Å². The molecule has 0 bridgehead atoms. The Morgan fingerprint density at radius 3 is 2.19 bits per heavy atom. The van der Waals surface area contributed by atoms with Crippen molar-refractivity contribution in [3.63, 3.8) is 0 Å². The monoisotopic (exact) mass is 426 g/mol. The van der Waals surface area contributed by atoms with E-state index in [1.54, 1.807) is 47.7 Å². The van der Waals surface area contributed by atoms with Crippen LogP contribution >= 0.6 is 11.3 Å². The molecule has 0 radical (unpaired) electrons. The Morgan fingerprint density at radius 1 is 0.839 bits per heavy atom. The first kappa shape index (κ1) is 20.7. The van der Waals surface area contributed by atoms with Crippen LogP contribution in [-0.4, -0.2) is 16.7 Å². The SMILES string of the molecule is Cc1ccc(C(=O)c2ccccc2C(=O)NCc2sc(-c3ccccc3)nc2C)cc1. The topological polar surface area (TPSA) is 59.1 Å². The largest absolute Gasteiger partial charge is 0.347 e. The maximum absolute atomic E-state index is 13.0. The molecular formula is C26H22N2O2S. The van der Waals surface area contributed by atoms with E-state index >= 15 is 0 Å². The average molecular weight is 427 g/mol. The summed E-state index contributed by atoms with van der Waals surface area (Å²) in [6.07, 6.45) is 0. The van der Waals surface area contributed by atoms with Gasteiger partial charge in [0.2, 0.25) is 0 Å². The van der Waals surface area contributed by atoms with Crippen molar-refractivity contribution in [1.82, 2.24) is 10.3 Å². The minimum atomic E-state index is -0.273. The van der Waals surface area contributed by atoms with E-state index in [-0.39, 0.29) is 11.7 Å². The van der Waals surface area contributed by atoms with Crippen LogP contribution in [0.15, 0.2) is 78.9 Å². The molecule has 4 aromatic rings. The summed E-state index contributed by atoms with van der Waals surface area (Å²) in [4.78, 5) is 31.6. The third-order valence-electron chi connectivity index (χ3n) is 5.05. The lowest BCUT2D eigenvalue weighted by Crippen LogP contribution is -2.25. The van der Waals surface area contributed by atoms with Crippen LogP contribution in [0.5, 0.6) is 0 Å². The first-order valence-corrected chi connectivity index (χ1v) is 10.8. The summed E-state index contributed by atoms with van der Waals surface area (Å²) in [5, 5.41) is 3.88. The molecule has 0 spiro atoms. The van der Waals surface area contributed by atoms with Crippen LogP contribution in [0.25, 0.3) is 10.6 Å². The minimum absolute atomic E-state index is 0.161. The van der Waals surface area contributed by atoms with Crippen molar-refractivity contribution in [3.8, 4) is 10.6 Å². The van der Waals surface area contributed by atoms with Gasteiger partial charge in [-0.2, -0.15) is 0 Å². The van der Waals surface area contributed by atoms with E-state index in [0.29, 0.717) is 23.2 Å². The van der Waals surface area contributed by atoms with Crippen molar-refractivity contribution < 1.29 is 9.59 Å². The van der Waals surface area contributed by atoms with Crippen LogP contribution in [0.3, 0.4) is 0 Å². The van der Waals surface area contributed by atoms with Gasteiger partial charge in [0.05, 0.1) is 17.8 Å². The van der Waals surface area contributed by atoms with Gasteiger partial charge in [0.15, 0.2) is 5.78 Å². The summed E-state index contributed by atoms with van der Waals surface area (Å²) < 4.78 is 0. The number of nitrogens with one attached hydrogen (secondary N) is 1. The van der Waals surface area contributed by atoms with E-state index in [1.807, 2.05) is 56.3 Å². The number of aryl methyl sites for hydroxylation is 2. The molecule has 0 unspecified atom stereocenters. The molecule has 0 aliphatic heterocycles. The fourth-order valence-electron chi connectivity index (χ4n) is 3.29. The van der Waals surface area contributed by atoms with Gasteiger partial charge < -0.3 is 5.32 Å². The van der Waals surface area contributed by atoms with E-state index in [2.05, 4.69) is 10.3 Å². The number of carbonyl (C=O) groups excluding carboxylic acids is 2. The van der Waals surface area contributed by atoms with Gasteiger partial charge in [0, 0.05) is 21.6 Å². The number of carbonyl (C=O) groups is 2. The highest BCUT2D eigenvalue weighted by atomic mass is 32.1. The van der Waals surface area contributed by atoms with Gasteiger partial charge in [0.25, 0.3) is 5.91 Å². The molecule has 1 heterocycles. The van der Waals surface area contributed by atoms with Crippen LogP contribution in [0.1, 0.15) is 42.4 Å². The first-order valence-electron chi connectivity index (χ1n) is 10.0. The molecule has 1 N–H and O–H groups in total. The fraction of sp³-hybridized carbons (Fsp3) is 0.115. The van der Waals surface area contributed by atoms with Gasteiger partial charge in [-0.15, -0.1) is 11.3 Å². The minimum Gasteiger partial charge on any atom is -0.347 e. The van der Waals surface area contributed by atoms with E-state index < -0.39 is 0 Å². The second kappa shape index (κ2) is 9.06. The smallest absolute Gasteiger partial charge is 0.252 e. The second-order valence-electron chi connectivity index (χ2n) is 7.32. The highest BCUT2D eigenvalue weighted by Crippen LogP contribution is 2.27. The van der Waals surface area contributed by atoms with Crippen LogP contribution in [0.2, 0.25) is 0 Å². The summed E-state index contributed by atoms with van der Waals surface area (Å²) >= 11 is 1.57. The Hall–Kier alpha value is -3.57. The van der Waals surface area contributed by atoms with Crippen molar-refractivity contribution in [2.45, 2.75) is 20.4 Å². The Labute approximate surface area is 185 Å². The third-order valence-corrected chi connectivity index (χ3v) is 6.26. The van der Waals surface area contributed by atoms with Crippen molar-refractivity contribution in [3.05, 3.63) is 112 Å². The Kier molecular flexibility index (Phi) is 6.05. The molecule has 4 nitrogen and oxygen atoms in total. The van der Waals surface area contributed by atoms with Gasteiger partial charge in [-0.05, 0) is 19.9 Å². The highest BCUT2D eigenvalue weighted by Gasteiger charge is 2.18. The second-order valence-corrected chi connectivity index (χ2v) is 8.40. The number of hydrogen-bond donors (Lipinski definition) is 1. The third kappa shape index (κ3) is 4.62. The molecule has 0 saturated heterocycles. The summed E-state index contributed by atoms with van der Waals surface area (Å²) in [6, 6.07) is 24.3. The van der Waals surface area contributed by atoms with E-state index in [0.717, 1.165) is 26.7 Å². The van der Waals surface area contributed by atoms with Crippen molar-refractivity contribution in [2.24, 2.45) is 0 Å². The molecule has 154 valence electrons. The molecule has 31 heavy (non-hydrogen) atoms. The lowest BCUT2D eigenvalue weighted by molar-refractivity contribution is 0.0940. The molecule has 1 aromatic heterocycles. The lowest BCUT2D eigenvalue weighted by Gasteiger charge is -2.09. The summed E-state index contributed by atoms with van der Waals surface area (Å²) in [7, 11) is 0. The van der Waals surface area contributed by atoms with Crippen LogP contribution in [0, 0.1) is 13.8 Å². The quantitative estimate of drug-likeness (QED) is 0.409. The summed E-state index contributed by atoms with van der Waals surface area (Å²) in [5.41, 5.74) is 4.37. The van der Waals surface area contributed by atoms with Gasteiger partial charge in [-0.25, -0.2) is 4.98 Å². The Balaban J connectivity index is 1.52. The molecule has 0 aliphatic rings. The molecule has 3 aromatic carbocycles. The van der Waals surface area contributed by atoms with Crippen molar-refractivity contribution in [2.75, 3.05) is 0 Å². The number of aromatic nitrogens is 1. The van der Waals surface area contributed by atoms with Gasteiger partial charge >= 0.3 is 0 Å². The maximum atomic E-state index is 13.0. The molecule has 0 saturated carbocycles. The first-order chi connectivity index (χ1) is 15.0. The molecule has 0 atom stereocenters. The molecule has 5 heteroatoms. The number of benzene rings is 3. The number of ketones is 1. The standard InChI is InChI=1S/C26H22N2O2S/c1-17-12-14-19(15-13-17)24(29)21-10-6-7-11-22(21)25(30)27-16-23-18(2)28-26(31-23)20-8-4-3-5-9-20/h3-15H,16H2,1-2H3,(H,27,30). The highest BCUT2D eigenvalue weighted by molar-refractivity contribution is 7.15. The zero-order valence-corrected chi connectivity index (χ0v) is 18.2. The van der Waals surface area contributed by atoms with E-state index in [9.17, 15) is 9.59 Å². The fourth-order valence-corrected chi connectivity index (χ4v) is 4.30. The van der Waals surface area contributed by atoms with Crippen molar-refractivity contribution in [1.29, 1.82) is 0 Å². The number of hydrogen-bond acceptors (Lipinski definition) is 4. The lowest BCUT2D eigenvalue weighted by atomic mass is 9.97. The van der Waals surface area contributed by atoms with Gasteiger partial charge in [-0.3, -0.25) is 9.59 Å². The molecule has 4 rings (SSSR count). The van der Waals surface area contributed by atoms with Crippen LogP contribution < -0.4 is 5.32 Å². The maximum Gasteiger partial charge on any atom is 0.252 e. The Morgan fingerprint density at radius 2 is 1.48 bits per heavy atom. The van der Waals surface area contributed by atoms with Crippen LogP contribution in [-0.2, 0) is 6.54 Å². The zero-order valence-electron chi connectivity index (χ0n) is 17.4. The normalized spacial score (nSPS) is 10.6. The number of rotatable bonds is 6. The van der Waals surface area contributed by atoms with E-state index in [4.69, 9.17) is 0 Å². The Bertz CT molecular complexity index is 1230. The number of amides is 1. The predicted octanol–water partition coefficient (Wildman–Crippen LogP) is 5.59. The molecular weight excluding hydrogens is 404 g/mol.